The smallest absolute Gasteiger partial charge is 0.322 e. The monoisotopic (exact) mass is 535 g/mol. The summed E-state index contributed by atoms with van der Waals surface area (Å²) in [7, 11) is 1.98. The molecule has 0 radical (unpaired) electrons. The third kappa shape index (κ3) is 6.11. The zero-order valence-corrected chi connectivity index (χ0v) is 21.1. The summed E-state index contributed by atoms with van der Waals surface area (Å²) in [6, 6.07) is 12.9. The van der Waals surface area contributed by atoms with Crippen molar-refractivity contribution in [3.63, 3.8) is 0 Å². The first-order chi connectivity index (χ1) is 18.7. The van der Waals surface area contributed by atoms with Crippen molar-refractivity contribution in [2.75, 3.05) is 38.5 Å². The van der Waals surface area contributed by atoms with Crippen molar-refractivity contribution >= 4 is 17.2 Å². The number of carbonyl (C=O) groups excluding carboxylic acids is 1. The quantitative estimate of drug-likeness (QED) is 0.299. The number of aromatic nitrogens is 2. The maximum absolute atomic E-state index is 14.5. The second kappa shape index (κ2) is 10.9. The summed E-state index contributed by atoms with van der Waals surface area (Å²) in [4.78, 5) is 21.2. The molecule has 39 heavy (non-hydrogen) atoms. The van der Waals surface area contributed by atoms with Gasteiger partial charge in [0.1, 0.15) is 17.2 Å². The normalized spacial score (nSPS) is 14.7. The van der Waals surface area contributed by atoms with Gasteiger partial charge in [-0.15, -0.1) is 0 Å². The first-order valence-corrected chi connectivity index (χ1v) is 12.3. The lowest BCUT2D eigenvalue weighted by Crippen LogP contribution is -2.44. The molecule has 6 nitrogen and oxygen atoms in total. The van der Waals surface area contributed by atoms with Crippen molar-refractivity contribution in [3.8, 4) is 11.8 Å². The van der Waals surface area contributed by atoms with Crippen LogP contribution in [0.2, 0.25) is 0 Å². The lowest BCUT2D eigenvalue weighted by molar-refractivity contribution is -0.138. The third-order valence-electron chi connectivity index (χ3n) is 6.63. The maximum atomic E-state index is 14.5. The van der Waals surface area contributed by atoms with E-state index in [9.17, 15) is 22.4 Å². The highest BCUT2D eigenvalue weighted by Gasteiger charge is 2.34. The molecule has 0 atom stereocenters. The molecule has 0 bridgehead atoms. The second-order valence-electron chi connectivity index (χ2n) is 9.42. The van der Waals surface area contributed by atoms with Gasteiger partial charge in [0.05, 0.1) is 17.3 Å². The number of alkyl halides is 3. The van der Waals surface area contributed by atoms with Gasteiger partial charge in [0.2, 0.25) is 0 Å². The molecule has 200 valence electrons. The summed E-state index contributed by atoms with van der Waals surface area (Å²) in [5.74, 6) is 4.28. The fourth-order valence-electron chi connectivity index (χ4n) is 4.42. The SMILES string of the molecule is CN1CCN(Cc2ccc(NC(=O)c3ccc(F)c(C#Cc4cnc5ccccn45)c3)cc2C(F)(F)F)CC1. The van der Waals surface area contributed by atoms with Crippen molar-refractivity contribution in [1.82, 2.24) is 19.2 Å². The number of rotatable bonds is 4. The number of benzene rings is 2. The lowest BCUT2D eigenvalue weighted by Gasteiger charge is -2.33. The number of nitrogens with zero attached hydrogens (tertiary/aromatic N) is 4. The van der Waals surface area contributed by atoms with Gasteiger partial charge < -0.3 is 10.2 Å². The standard InChI is InChI=1S/C29H25F4N5O/c1-36-12-14-37(15-13-36)19-22-5-8-23(17-25(22)29(31,32)33)35-28(39)21-7-10-26(30)20(16-21)6-9-24-18-34-27-4-2-3-11-38(24)27/h2-5,7-8,10-11,16-18H,12-15,19H2,1H3,(H,35,39). The van der Waals surface area contributed by atoms with Crippen molar-refractivity contribution in [2.45, 2.75) is 12.7 Å². The fourth-order valence-corrected chi connectivity index (χ4v) is 4.42. The van der Waals surface area contributed by atoms with Gasteiger partial charge in [-0.2, -0.15) is 13.2 Å². The minimum Gasteiger partial charge on any atom is -0.322 e. The Bertz CT molecular complexity index is 1580. The van der Waals surface area contributed by atoms with E-state index >= 15 is 0 Å². The van der Waals surface area contributed by atoms with E-state index < -0.39 is 23.5 Å². The number of hydrogen-bond acceptors (Lipinski definition) is 4. The highest BCUT2D eigenvalue weighted by atomic mass is 19.4. The molecule has 1 N–H and O–H groups in total. The topological polar surface area (TPSA) is 52.9 Å². The Morgan fingerprint density at radius 1 is 1.03 bits per heavy atom. The Hall–Kier alpha value is -4.20. The zero-order valence-electron chi connectivity index (χ0n) is 21.1. The molecule has 1 saturated heterocycles. The predicted molar refractivity (Wildman–Crippen MR) is 140 cm³/mol. The molecule has 10 heteroatoms. The van der Waals surface area contributed by atoms with Gasteiger partial charge in [0, 0.05) is 50.2 Å². The highest BCUT2D eigenvalue weighted by molar-refractivity contribution is 6.04. The largest absolute Gasteiger partial charge is 0.416 e. The summed E-state index contributed by atoms with van der Waals surface area (Å²) in [6.07, 6.45) is -1.25. The van der Waals surface area contributed by atoms with Crippen LogP contribution in [0.15, 0.2) is 67.0 Å². The van der Waals surface area contributed by atoms with Crippen molar-refractivity contribution in [2.24, 2.45) is 0 Å². The van der Waals surface area contributed by atoms with Crippen LogP contribution in [0.1, 0.15) is 32.7 Å². The number of carbonyl (C=O) groups is 1. The Morgan fingerprint density at radius 3 is 2.59 bits per heavy atom. The number of likely N-dealkylation sites (N-methyl/N-ethyl adjacent to an activating group) is 1. The van der Waals surface area contributed by atoms with Gasteiger partial charge >= 0.3 is 6.18 Å². The number of pyridine rings is 1. The van der Waals surface area contributed by atoms with Crippen LogP contribution < -0.4 is 5.32 Å². The molecule has 2 aromatic carbocycles. The molecule has 3 heterocycles. The number of piperazine rings is 1. The van der Waals surface area contributed by atoms with Crippen LogP contribution in [0.5, 0.6) is 0 Å². The van der Waals surface area contributed by atoms with E-state index in [1.165, 1.54) is 24.3 Å². The van der Waals surface area contributed by atoms with E-state index in [0.29, 0.717) is 24.4 Å². The fraction of sp³-hybridized carbons (Fsp3) is 0.241. The molecular formula is C29H25F4N5O. The van der Waals surface area contributed by atoms with E-state index in [-0.39, 0.29) is 28.9 Å². The molecule has 1 fully saturated rings. The van der Waals surface area contributed by atoms with Crippen LogP contribution in [-0.4, -0.2) is 58.3 Å². The molecule has 1 amide bonds. The van der Waals surface area contributed by atoms with E-state index in [2.05, 4.69) is 27.0 Å². The summed E-state index contributed by atoms with van der Waals surface area (Å²) in [6.45, 7) is 3.11. The summed E-state index contributed by atoms with van der Waals surface area (Å²) in [5.41, 5.74) is 0.618. The molecule has 1 aliphatic rings. The van der Waals surface area contributed by atoms with Crippen LogP contribution in [-0.2, 0) is 12.7 Å². The van der Waals surface area contributed by atoms with E-state index in [0.717, 1.165) is 25.2 Å². The molecule has 0 unspecified atom stereocenters. The van der Waals surface area contributed by atoms with E-state index in [1.54, 1.807) is 22.9 Å². The minimum absolute atomic E-state index is 0.00265. The predicted octanol–water partition coefficient (Wildman–Crippen LogP) is 4.89. The summed E-state index contributed by atoms with van der Waals surface area (Å²) in [5, 5.41) is 2.50. The molecule has 1 aliphatic heterocycles. The van der Waals surface area contributed by atoms with Crippen LogP contribution in [0, 0.1) is 17.7 Å². The molecule has 0 saturated carbocycles. The van der Waals surface area contributed by atoms with Gasteiger partial charge in [0.25, 0.3) is 5.91 Å². The highest BCUT2D eigenvalue weighted by Crippen LogP contribution is 2.34. The Labute approximate surface area is 222 Å². The number of hydrogen-bond donors (Lipinski definition) is 1. The Morgan fingerprint density at radius 2 is 1.82 bits per heavy atom. The zero-order chi connectivity index (χ0) is 27.6. The number of fused-ring (bicyclic) bond motifs is 1. The number of anilines is 1. The van der Waals surface area contributed by atoms with Crippen LogP contribution in [0.3, 0.4) is 0 Å². The summed E-state index contributed by atoms with van der Waals surface area (Å²) < 4.78 is 57.9. The van der Waals surface area contributed by atoms with E-state index in [1.807, 2.05) is 24.1 Å². The molecule has 4 aromatic rings. The number of imidazole rings is 1. The Kier molecular flexibility index (Phi) is 7.37. The van der Waals surface area contributed by atoms with Crippen molar-refractivity contribution in [3.05, 3.63) is 101 Å². The molecular weight excluding hydrogens is 510 g/mol. The van der Waals surface area contributed by atoms with Gasteiger partial charge in [-0.25, -0.2) is 9.37 Å². The average Bonchev–Trinajstić information content (AvgIpc) is 3.33. The molecule has 2 aromatic heterocycles. The number of amides is 1. The van der Waals surface area contributed by atoms with Gasteiger partial charge in [0.15, 0.2) is 0 Å². The summed E-state index contributed by atoms with van der Waals surface area (Å²) >= 11 is 0. The number of nitrogens with one attached hydrogen (secondary N) is 1. The van der Waals surface area contributed by atoms with Gasteiger partial charge in [-0.3, -0.25) is 14.1 Å². The van der Waals surface area contributed by atoms with Crippen LogP contribution in [0.25, 0.3) is 5.65 Å². The Balaban J connectivity index is 1.35. The lowest BCUT2D eigenvalue weighted by atomic mass is 10.0. The maximum Gasteiger partial charge on any atom is 0.416 e. The van der Waals surface area contributed by atoms with Gasteiger partial charge in [-0.05, 0) is 61.0 Å². The molecule has 0 aliphatic carbocycles. The third-order valence-corrected chi connectivity index (χ3v) is 6.63. The average molecular weight is 536 g/mol. The minimum atomic E-state index is -4.58. The molecule has 5 rings (SSSR count). The first kappa shape index (κ1) is 26.4. The van der Waals surface area contributed by atoms with Crippen molar-refractivity contribution < 1.29 is 22.4 Å². The van der Waals surface area contributed by atoms with Crippen molar-refractivity contribution in [1.29, 1.82) is 0 Å². The number of halogens is 4. The van der Waals surface area contributed by atoms with E-state index in [4.69, 9.17) is 0 Å². The van der Waals surface area contributed by atoms with Crippen LogP contribution in [0.4, 0.5) is 23.2 Å². The second-order valence-corrected chi connectivity index (χ2v) is 9.42. The molecule has 0 spiro atoms. The van der Waals surface area contributed by atoms with Gasteiger partial charge in [-0.1, -0.05) is 18.1 Å². The first-order valence-electron chi connectivity index (χ1n) is 12.3. The van der Waals surface area contributed by atoms with Crippen LogP contribution >= 0.6 is 0 Å².